The van der Waals surface area contributed by atoms with Gasteiger partial charge in [-0.25, -0.2) is 14.4 Å². The van der Waals surface area contributed by atoms with Crippen LogP contribution < -0.4 is 4.74 Å². The van der Waals surface area contributed by atoms with Crippen molar-refractivity contribution in [2.45, 2.75) is 20.5 Å². The van der Waals surface area contributed by atoms with Gasteiger partial charge in [0.25, 0.3) is 0 Å². The Kier molecular flexibility index (Phi) is 6.70. The Morgan fingerprint density at radius 3 is 2.37 bits per heavy atom. The van der Waals surface area contributed by atoms with Gasteiger partial charge < -0.3 is 14.6 Å². The van der Waals surface area contributed by atoms with Gasteiger partial charge in [-0.1, -0.05) is 53.0 Å². The topological polar surface area (TPSA) is 89.9 Å². The smallest absolute Gasteiger partial charge is 0.422 e. The number of aryl methyl sites for hydroxylation is 1. The molecule has 0 amide bonds. The molecule has 6 nitrogen and oxygen atoms in total. The molecular formula is C18H13Cl3O6. The molecule has 0 saturated carbocycles. The summed E-state index contributed by atoms with van der Waals surface area (Å²) in [6.07, 6.45) is 0. The van der Waals surface area contributed by atoms with Crippen molar-refractivity contribution in [3.63, 3.8) is 0 Å². The van der Waals surface area contributed by atoms with E-state index in [4.69, 9.17) is 44.6 Å². The summed E-state index contributed by atoms with van der Waals surface area (Å²) in [5.41, 5.74) is 2.28. The molecule has 0 saturated heterocycles. The Morgan fingerprint density at radius 2 is 1.74 bits per heavy atom. The maximum absolute atomic E-state index is 12.5. The highest BCUT2D eigenvalue weighted by molar-refractivity contribution is 6.46. The third-order valence-electron chi connectivity index (χ3n) is 3.78. The zero-order valence-electron chi connectivity index (χ0n) is 14.1. The van der Waals surface area contributed by atoms with Crippen molar-refractivity contribution in [3.05, 3.63) is 61.6 Å². The molecule has 0 radical (unpaired) electrons. The quantitative estimate of drug-likeness (QED) is 0.329. The van der Waals surface area contributed by atoms with Gasteiger partial charge in [-0.2, -0.15) is 0 Å². The lowest BCUT2D eigenvalue weighted by atomic mass is 10.0. The van der Waals surface area contributed by atoms with E-state index in [1.54, 1.807) is 6.07 Å². The molecule has 0 aliphatic heterocycles. The number of carbonyl (C=O) groups is 3. The molecule has 2 aromatic rings. The number of halogens is 3. The first-order valence-electron chi connectivity index (χ1n) is 7.48. The molecule has 0 aliphatic rings. The minimum absolute atomic E-state index is 0.0842. The number of rotatable bonds is 4. The summed E-state index contributed by atoms with van der Waals surface area (Å²) in [5, 5.41) is 8.07. The van der Waals surface area contributed by atoms with Gasteiger partial charge in [0.2, 0.25) is 0 Å². The second-order valence-corrected chi connectivity index (χ2v) is 6.68. The number of aliphatic carboxylic acids is 1. The van der Waals surface area contributed by atoms with E-state index in [0.29, 0.717) is 0 Å². The monoisotopic (exact) mass is 430 g/mol. The molecule has 2 rings (SSSR count). The van der Waals surface area contributed by atoms with Gasteiger partial charge in [-0.3, -0.25) is 0 Å². The molecule has 0 unspecified atom stereocenters. The first-order chi connectivity index (χ1) is 12.6. The van der Waals surface area contributed by atoms with Gasteiger partial charge in [0.15, 0.2) is 5.75 Å². The zero-order chi connectivity index (χ0) is 20.3. The molecule has 0 aromatic heterocycles. The van der Waals surface area contributed by atoms with Gasteiger partial charge in [0.05, 0.1) is 15.1 Å². The van der Waals surface area contributed by atoms with Crippen LogP contribution in [0.2, 0.25) is 15.1 Å². The van der Waals surface area contributed by atoms with Crippen LogP contribution in [0, 0.1) is 13.8 Å². The van der Waals surface area contributed by atoms with Gasteiger partial charge in [-0.15, -0.1) is 0 Å². The number of carboxylic acids is 1. The number of hydrogen-bond acceptors (Lipinski definition) is 5. The van der Waals surface area contributed by atoms with Crippen LogP contribution in [0.5, 0.6) is 5.75 Å². The van der Waals surface area contributed by atoms with Crippen LogP contribution >= 0.6 is 34.8 Å². The van der Waals surface area contributed by atoms with Crippen molar-refractivity contribution in [2.24, 2.45) is 0 Å². The predicted octanol–water partition coefficient (Wildman–Crippen LogP) is 4.61. The van der Waals surface area contributed by atoms with E-state index in [0.717, 1.165) is 22.8 Å². The zero-order valence-corrected chi connectivity index (χ0v) is 16.4. The summed E-state index contributed by atoms with van der Waals surface area (Å²) in [7, 11) is 0. The molecule has 0 heterocycles. The van der Waals surface area contributed by atoms with E-state index in [1.807, 2.05) is 26.0 Å². The second kappa shape index (κ2) is 8.61. The molecule has 2 aromatic carbocycles. The summed E-state index contributed by atoms with van der Waals surface area (Å²) in [5.74, 6) is -5.02. The summed E-state index contributed by atoms with van der Waals surface area (Å²) >= 11 is 17.9. The SMILES string of the molecule is Cc1cccc(COC(=O)c2c(Cl)c(Cl)cc(Cl)c2OC(=O)C(=O)O)c1C. The van der Waals surface area contributed by atoms with Crippen molar-refractivity contribution in [1.82, 2.24) is 0 Å². The van der Waals surface area contributed by atoms with Gasteiger partial charge in [-0.05, 0) is 36.6 Å². The number of hydrogen-bond donors (Lipinski definition) is 1. The summed E-state index contributed by atoms with van der Waals surface area (Å²) < 4.78 is 9.92. The molecule has 0 aliphatic carbocycles. The lowest BCUT2D eigenvalue weighted by Crippen LogP contribution is -2.21. The minimum Gasteiger partial charge on any atom is -0.473 e. The van der Waals surface area contributed by atoms with Crippen molar-refractivity contribution in [1.29, 1.82) is 0 Å². The second-order valence-electron chi connectivity index (χ2n) is 5.49. The third-order valence-corrected chi connectivity index (χ3v) is 4.84. The maximum atomic E-state index is 12.5. The molecule has 27 heavy (non-hydrogen) atoms. The largest absolute Gasteiger partial charge is 0.473 e. The van der Waals surface area contributed by atoms with E-state index in [-0.39, 0.29) is 21.7 Å². The van der Waals surface area contributed by atoms with E-state index in [2.05, 4.69) is 4.74 Å². The Hall–Kier alpha value is -2.28. The lowest BCUT2D eigenvalue weighted by Gasteiger charge is -2.14. The number of ether oxygens (including phenoxy) is 2. The molecule has 0 fully saturated rings. The molecule has 0 bridgehead atoms. The Bertz CT molecular complexity index is 939. The molecular weight excluding hydrogens is 419 g/mol. The average Bonchev–Trinajstić information content (AvgIpc) is 2.60. The molecule has 0 spiro atoms. The molecule has 142 valence electrons. The van der Waals surface area contributed by atoms with E-state index in [9.17, 15) is 14.4 Å². The number of carbonyl (C=O) groups excluding carboxylic acids is 2. The van der Waals surface area contributed by atoms with Crippen molar-refractivity contribution < 1.29 is 29.0 Å². The first kappa shape index (κ1) is 21.0. The van der Waals surface area contributed by atoms with Gasteiger partial charge in [0, 0.05) is 0 Å². The fourth-order valence-electron chi connectivity index (χ4n) is 2.18. The molecule has 1 N–H and O–H groups in total. The predicted molar refractivity (Wildman–Crippen MR) is 99.8 cm³/mol. The highest BCUT2D eigenvalue weighted by atomic mass is 35.5. The van der Waals surface area contributed by atoms with E-state index >= 15 is 0 Å². The van der Waals surface area contributed by atoms with E-state index in [1.165, 1.54) is 0 Å². The van der Waals surface area contributed by atoms with E-state index < -0.39 is 29.2 Å². The summed E-state index contributed by atoms with van der Waals surface area (Å²) in [4.78, 5) is 34.7. The summed E-state index contributed by atoms with van der Waals surface area (Å²) in [6.45, 7) is 3.71. The molecule has 9 heteroatoms. The van der Waals surface area contributed by atoms with Crippen LogP contribution in [-0.2, 0) is 20.9 Å². The third kappa shape index (κ3) is 4.71. The van der Waals surface area contributed by atoms with Crippen LogP contribution in [-0.4, -0.2) is 23.0 Å². The highest BCUT2D eigenvalue weighted by Gasteiger charge is 2.28. The Morgan fingerprint density at radius 1 is 1.07 bits per heavy atom. The Balaban J connectivity index is 2.37. The van der Waals surface area contributed by atoms with Crippen molar-refractivity contribution in [3.8, 4) is 5.75 Å². The normalized spacial score (nSPS) is 10.4. The summed E-state index contributed by atoms with van der Waals surface area (Å²) in [6, 6.07) is 6.64. The van der Waals surface area contributed by atoms with Crippen LogP contribution in [0.1, 0.15) is 27.0 Å². The average molecular weight is 432 g/mol. The fraction of sp³-hybridized carbons (Fsp3) is 0.167. The van der Waals surface area contributed by atoms with Crippen LogP contribution in [0.4, 0.5) is 0 Å². The number of esters is 2. The van der Waals surface area contributed by atoms with Crippen molar-refractivity contribution in [2.75, 3.05) is 0 Å². The van der Waals surface area contributed by atoms with Crippen LogP contribution in [0.3, 0.4) is 0 Å². The van der Waals surface area contributed by atoms with Crippen LogP contribution in [0.25, 0.3) is 0 Å². The number of carboxylic acid groups (broad SMARTS) is 1. The number of benzene rings is 2. The van der Waals surface area contributed by atoms with Crippen LogP contribution in [0.15, 0.2) is 24.3 Å². The minimum atomic E-state index is -1.87. The standard InChI is InChI=1S/C18H13Cl3O6/c1-8-4-3-5-10(9(8)2)7-26-17(24)13-14(21)11(19)6-12(20)15(13)27-18(25)16(22)23/h3-6H,7H2,1-2H3,(H,22,23). The fourth-order valence-corrected chi connectivity index (χ4v) is 2.90. The Labute approximate surface area is 169 Å². The highest BCUT2D eigenvalue weighted by Crippen LogP contribution is 2.40. The molecule has 0 atom stereocenters. The maximum Gasteiger partial charge on any atom is 0.422 e. The van der Waals surface area contributed by atoms with Gasteiger partial charge in [0.1, 0.15) is 12.2 Å². The van der Waals surface area contributed by atoms with Gasteiger partial charge >= 0.3 is 17.9 Å². The first-order valence-corrected chi connectivity index (χ1v) is 8.61. The van der Waals surface area contributed by atoms with Crippen molar-refractivity contribution >= 4 is 52.7 Å². The lowest BCUT2D eigenvalue weighted by molar-refractivity contribution is -0.158.